The molecule has 0 amide bonds. The molecule has 3 N–H and O–H groups in total. The fourth-order valence-electron chi connectivity index (χ4n) is 10.5. The fraction of sp³-hybridized carbons (Fsp3) is 0.722. The predicted octanol–water partition coefficient (Wildman–Crippen LogP) is 24.6. The molecule has 2 atom stereocenters. The maximum atomic E-state index is 12.8. The molecule has 0 aromatic heterocycles. The number of carbonyl (C=O) groups excluding carboxylic acids is 2. The van der Waals surface area contributed by atoms with Crippen molar-refractivity contribution in [1.29, 1.82) is 0 Å². The topological polar surface area (TPSA) is 134 Å². The Hall–Kier alpha value is -3.59. The highest BCUT2D eigenvalue weighted by atomic mass is 31.2. The number of phosphoric acid groups is 1. The Balaban J connectivity index is 3.83. The van der Waals surface area contributed by atoms with Crippen LogP contribution in [0.4, 0.5) is 0 Å². The third-order valence-electron chi connectivity index (χ3n) is 15.8. The van der Waals surface area contributed by atoms with Gasteiger partial charge in [0.05, 0.1) is 13.2 Å². The Kier molecular flexibility index (Phi) is 70.5. The molecule has 89 heavy (non-hydrogen) atoms. The summed E-state index contributed by atoms with van der Waals surface area (Å²) in [7, 11) is -4.40. The zero-order valence-corrected chi connectivity index (χ0v) is 58.5. The van der Waals surface area contributed by atoms with Gasteiger partial charge in [0.25, 0.3) is 0 Å². The van der Waals surface area contributed by atoms with Gasteiger partial charge in [-0.05, 0) is 103 Å². The lowest BCUT2D eigenvalue weighted by molar-refractivity contribution is -0.161. The maximum absolute atomic E-state index is 12.8. The fourth-order valence-corrected chi connectivity index (χ4v) is 11.2. The number of carbonyl (C=O) groups is 2. The van der Waals surface area contributed by atoms with E-state index in [0.29, 0.717) is 6.42 Å². The Morgan fingerprint density at radius 1 is 0.337 bits per heavy atom. The van der Waals surface area contributed by atoms with Crippen LogP contribution in [0, 0.1) is 0 Å². The van der Waals surface area contributed by atoms with E-state index in [1.165, 1.54) is 199 Å². The van der Waals surface area contributed by atoms with Crippen LogP contribution in [0.2, 0.25) is 0 Å². The van der Waals surface area contributed by atoms with E-state index in [4.69, 9.17) is 24.3 Å². The van der Waals surface area contributed by atoms with Crippen LogP contribution >= 0.6 is 7.82 Å². The molecule has 10 heteroatoms. The SMILES string of the molecule is CC/C=C\C/C=C\C/C=C\C/C=C\C/C=C\C/C=C\CCCCCCCCCCCCCCCCCCCCC(=O)OC(COC(=O)CCCCCCCCCCCCCCCCCCCC/C=C\C/C=C\C/C=C\C/C=C\CC)COP(=O)(O)OCCN. The molecule has 0 bridgehead atoms. The van der Waals surface area contributed by atoms with Crippen LogP contribution in [0.1, 0.15) is 335 Å². The van der Waals surface area contributed by atoms with Gasteiger partial charge in [0.1, 0.15) is 6.61 Å². The normalized spacial score (nSPS) is 13.6. The molecule has 0 aromatic carbocycles. The molecular weight excluding hydrogens is 1120 g/mol. The highest BCUT2D eigenvalue weighted by Gasteiger charge is 2.26. The summed E-state index contributed by atoms with van der Waals surface area (Å²) in [6.45, 7) is 3.56. The molecule has 0 aliphatic rings. The highest BCUT2D eigenvalue weighted by Crippen LogP contribution is 2.43. The van der Waals surface area contributed by atoms with E-state index in [2.05, 4.69) is 135 Å². The van der Waals surface area contributed by atoms with Crippen LogP contribution < -0.4 is 5.73 Å². The number of ether oxygens (including phenoxy) is 2. The van der Waals surface area contributed by atoms with Gasteiger partial charge < -0.3 is 20.1 Å². The van der Waals surface area contributed by atoms with E-state index in [1.54, 1.807) is 0 Å². The lowest BCUT2D eigenvalue weighted by Crippen LogP contribution is -2.29. The van der Waals surface area contributed by atoms with E-state index >= 15 is 0 Å². The minimum atomic E-state index is -4.40. The first-order valence-electron chi connectivity index (χ1n) is 37.0. The number of phosphoric ester groups is 1. The predicted molar refractivity (Wildman–Crippen MR) is 385 cm³/mol. The van der Waals surface area contributed by atoms with E-state index in [1.807, 2.05) is 0 Å². The number of rotatable bonds is 69. The third kappa shape index (κ3) is 73.3. The maximum Gasteiger partial charge on any atom is 0.472 e. The van der Waals surface area contributed by atoms with Crippen LogP contribution in [0.3, 0.4) is 0 Å². The van der Waals surface area contributed by atoms with Gasteiger partial charge >= 0.3 is 19.8 Å². The Labute approximate surface area is 549 Å². The van der Waals surface area contributed by atoms with Gasteiger partial charge in [-0.25, -0.2) is 4.57 Å². The van der Waals surface area contributed by atoms with Crippen LogP contribution in [0.15, 0.2) is 122 Å². The summed E-state index contributed by atoms with van der Waals surface area (Å²) in [6.07, 6.45) is 103. The van der Waals surface area contributed by atoms with Crippen molar-refractivity contribution in [2.75, 3.05) is 26.4 Å². The molecule has 0 saturated carbocycles. The molecule has 0 aromatic rings. The Morgan fingerprint density at radius 2 is 0.584 bits per heavy atom. The first-order chi connectivity index (χ1) is 43.8. The second kappa shape index (κ2) is 73.5. The zero-order valence-electron chi connectivity index (χ0n) is 57.6. The van der Waals surface area contributed by atoms with Crippen molar-refractivity contribution in [3.05, 3.63) is 122 Å². The molecule has 9 nitrogen and oxygen atoms in total. The first kappa shape index (κ1) is 85.4. The average Bonchev–Trinajstić information content (AvgIpc) is 3.68. The van der Waals surface area contributed by atoms with Crippen molar-refractivity contribution < 1.29 is 37.6 Å². The summed E-state index contributed by atoms with van der Waals surface area (Å²) < 4.78 is 33.2. The van der Waals surface area contributed by atoms with Crippen molar-refractivity contribution in [3.63, 3.8) is 0 Å². The van der Waals surface area contributed by atoms with Crippen molar-refractivity contribution in [2.24, 2.45) is 5.73 Å². The zero-order chi connectivity index (χ0) is 64.4. The average molecular weight is 1260 g/mol. The lowest BCUT2D eigenvalue weighted by atomic mass is 10.0. The molecule has 0 saturated heterocycles. The molecule has 0 radical (unpaired) electrons. The lowest BCUT2D eigenvalue weighted by Gasteiger charge is -2.19. The largest absolute Gasteiger partial charge is 0.472 e. The van der Waals surface area contributed by atoms with E-state index in [-0.39, 0.29) is 38.6 Å². The second-order valence-corrected chi connectivity index (χ2v) is 25.9. The van der Waals surface area contributed by atoms with Crippen LogP contribution in [0.25, 0.3) is 0 Å². The smallest absolute Gasteiger partial charge is 0.462 e. The van der Waals surface area contributed by atoms with Crippen molar-refractivity contribution in [3.8, 4) is 0 Å². The highest BCUT2D eigenvalue weighted by molar-refractivity contribution is 7.47. The van der Waals surface area contributed by atoms with Gasteiger partial charge in [0.2, 0.25) is 0 Å². The van der Waals surface area contributed by atoms with Crippen molar-refractivity contribution in [2.45, 2.75) is 341 Å². The number of allylic oxidation sites excluding steroid dienone is 20. The van der Waals surface area contributed by atoms with Gasteiger partial charge in [-0.3, -0.25) is 18.6 Å². The quantitative estimate of drug-likeness (QED) is 0.0264. The molecule has 0 rings (SSSR count). The number of nitrogens with two attached hydrogens (primary N) is 1. The van der Waals surface area contributed by atoms with Crippen LogP contribution in [-0.4, -0.2) is 49.3 Å². The van der Waals surface area contributed by atoms with Crippen LogP contribution in [0.5, 0.6) is 0 Å². The number of esters is 2. The molecular formula is C79H138NO8P. The molecule has 0 aliphatic heterocycles. The van der Waals surface area contributed by atoms with E-state index < -0.39 is 26.5 Å². The van der Waals surface area contributed by atoms with Gasteiger partial charge in [-0.1, -0.05) is 341 Å². The van der Waals surface area contributed by atoms with Gasteiger partial charge in [-0.15, -0.1) is 0 Å². The number of hydrogen-bond donors (Lipinski definition) is 2. The summed E-state index contributed by atoms with van der Waals surface area (Å²) in [6, 6.07) is 0. The molecule has 2 unspecified atom stereocenters. The summed E-state index contributed by atoms with van der Waals surface area (Å²) in [5.41, 5.74) is 5.41. The monoisotopic (exact) mass is 1260 g/mol. The first-order valence-corrected chi connectivity index (χ1v) is 38.5. The van der Waals surface area contributed by atoms with E-state index in [9.17, 15) is 19.0 Å². The molecule has 512 valence electrons. The Morgan fingerprint density at radius 3 is 0.865 bits per heavy atom. The summed E-state index contributed by atoms with van der Waals surface area (Å²) in [4.78, 5) is 35.4. The molecule has 0 aliphatic carbocycles. The van der Waals surface area contributed by atoms with Crippen molar-refractivity contribution in [1.82, 2.24) is 0 Å². The van der Waals surface area contributed by atoms with Gasteiger partial charge in [-0.2, -0.15) is 0 Å². The molecule has 0 heterocycles. The van der Waals surface area contributed by atoms with Gasteiger partial charge in [0, 0.05) is 19.4 Å². The minimum absolute atomic E-state index is 0.0514. The van der Waals surface area contributed by atoms with Crippen LogP contribution in [-0.2, 0) is 32.7 Å². The summed E-state index contributed by atoms with van der Waals surface area (Å²) in [5.74, 6) is -0.816. The molecule has 0 fully saturated rings. The summed E-state index contributed by atoms with van der Waals surface area (Å²) >= 11 is 0. The number of unbranched alkanes of at least 4 members (excludes halogenated alkanes) is 36. The Bertz CT molecular complexity index is 1880. The number of hydrogen-bond acceptors (Lipinski definition) is 8. The second-order valence-electron chi connectivity index (χ2n) is 24.4. The summed E-state index contributed by atoms with van der Waals surface area (Å²) in [5, 5.41) is 0. The standard InChI is InChI=1S/C79H138NO8P/c1-3-5-7-9-11-13-15-17-19-21-23-25-27-29-31-33-35-36-37-38-39-40-42-44-46-48-50-52-54-56-58-60-62-64-66-68-70-72-79(82)88-77(76-87-89(83,84)86-74-73-80)75-85-78(81)71-69-67-65-63-61-59-57-55-53-51-49-47-45-43-41-34-32-30-28-26-24-22-20-18-16-14-12-10-8-6-4-2/h5-8,11-14,17-20,23-26,29,31,35-36,77H,3-4,9-10,15-16,21-22,27-28,30,32-34,37-76,80H2,1-2H3,(H,83,84)/b7-5-,8-6-,13-11-,14-12-,19-17-,20-18-,25-23-,26-24-,31-29-,36-35-. The van der Waals surface area contributed by atoms with E-state index in [0.717, 1.165) is 103 Å². The molecule has 0 spiro atoms. The minimum Gasteiger partial charge on any atom is -0.462 e. The van der Waals surface area contributed by atoms with Gasteiger partial charge in [0.15, 0.2) is 6.10 Å². The van der Waals surface area contributed by atoms with Crippen molar-refractivity contribution >= 4 is 19.8 Å². The third-order valence-corrected chi connectivity index (χ3v) is 16.8.